The summed E-state index contributed by atoms with van der Waals surface area (Å²) >= 11 is 0. The van der Waals surface area contributed by atoms with E-state index in [1.807, 2.05) is 0 Å². The summed E-state index contributed by atoms with van der Waals surface area (Å²) in [6.07, 6.45) is 5.07. The summed E-state index contributed by atoms with van der Waals surface area (Å²) in [7, 11) is 0. The molecule has 2 heteroatoms. The van der Waals surface area contributed by atoms with Gasteiger partial charge in [-0.05, 0) is 60.9 Å². The van der Waals surface area contributed by atoms with E-state index in [-0.39, 0.29) is 5.41 Å². The Balaban J connectivity index is 2.04. The molecule has 1 aliphatic rings. The predicted octanol–water partition coefficient (Wildman–Crippen LogP) is 3.37. The second-order valence-electron chi connectivity index (χ2n) is 7.04. The monoisotopic (exact) mass is 274 g/mol. The van der Waals surface area contributed by atoms with Crippen LogP contribution in [0, 0.1) is 5.41 Å². The van der Waals surface area contributed by atoms with Crippen LogP contribution in [0.5, 0.6) is 0 Å². The standard InChI is InChI=1S/C18H30N2/c1-4-10-20(14-18(2,3)13-19)12-15-8-9-16-6-5-7-17(16)11-15/h8-9,11H,4-7,10,12-14,19H2,1-3H3. The van der Waals surface area contributed by atoms with Gasteiger partial charge in [-0.15, -0.1) is 0 Å². The molecule has 1 aromatic carbocycles. The third-order valence-electron chi connectivity index (χ3n) is 4.31. The molecule has 112 valence electrons. The molecule has 0 heterocycles. The summed E-state index contributed by atoms with van der Waals surface area (Å²) in [4.78, 5) is 2.56. The van der Waals surface area contributed by atoms with Crippen molar-refractivity contribution in [2.24, 2.45) is 11.1 Å². The van der Waals surface area contributed by atoms with Gasteiger partial charge >= 0.3 is 0 Å². The van der Waals surface area contributed by atoms with Crippen LogP contribution >= 0.6 is 0 Å². The van der Waals surface area contributed by atoms with Gasteiger partial charge in [0.05, 0.1) is 0 Å². The molecule has 0 aromatic heterocycles. The molecular weight excluding hydrogens is 244 g/mol. The Kier molecular flexibility index (Phi) is 5.22. The van der Waals surface area contributed by atoms with Crippen LogP contribution in [0.15, 0.2) is 18.2 Å². The zero-order chi connectivity index (χ0) is 14.6. The van der Waals surface area contributed by atoms with E-state index < -0.39 is 0 Å². The van der Waals surface area contributed by atoms with Crippen LogP contribution < -0.4 is 5.73 Å². The molecule has 0 unspecified atom stereocenters. The van der Waals surface area contributed by atoms with Gasteiger partial charge in [-0.3, -0.25) is 4.90 Å². The topological polar surface area (TPSA) is 29.3 Å². The molecule has 0 saturated heterocycles. The molecule has 0 saturated carbocycles. The minimum atomic E-state index is 0.200. The summed E-state index contributed by atoms with van der Waals surface area (Å²) in [5.41, 5.74) is 10.7. The lowest BCUT2D eigenvalue weighted by molar-refractivity contribution is 0.176. The van der Waals surface area contributed by atoms with Crippen LogP contribution in [0.4, 0.5) is 0 Å². The molecule has 1 aliphatic carbocycles. The van der Waals surface area contributed by atoms with Crippen molar-refractivity contribution in [3.8, 4) is 0 Å². The van der Waals surface area contributed by atoms with E-state index in [0.717, 1.165) is 26.2 Å². The fourth-order valence-electron chi connectivity index (χ4n) is 3.18. The van der Waals surface area contributed by atoms with Crippen molar-refractivity contribution in [2.75, 3.05) is 19.6 Å². The van der Waals surface area contributed by atoms with Crippen LogP contribution in [0.3, 0.4) is 0 Å². The van der Waals surface area contributed by atoms with Crippen LogP contribution in [0.2, 0.25) is 0 Å². The maximum atomic E-state index is 5.89. The number of rotatable bonds is 7. The average Bonchev–Trinajstić information content (AvgIpc) is 2.86. The van der Waals surface area contributed by atoms with Crippen molar-refractivity contribution < 1.29 is 0 Å². The lowest BCUT2D eigenvalue weighted by Gasteiger charge is -2.31. The maximum Gasteiger partial charge on any atom is 0.0234 e. The van der Waals surface area contributed by atoms with Gasteiger partial charge in [-0.1, -0.05) is 39.0 Å². The molecule has 0 spiro atoms. The zero-order valence-electron chi connectivity index (χ0n) is 13.4. The van der Waals surface area contributed by atoms with Gasteiger partial charge in [0.2, 0.25) is 0 Å². The Morgan fingerprint density at radius 3 is 2.65 bits per heavy atom. The highest BCUT2D eigenvalue weighted by Crippen LogP contribution is 2.24. The van der Waals surface area contributed by atoms with Crippen LogP contribution in [-0.2, 0) is 19.4 Å². The molecule has 20 heavy (non-hydrogen) atoms. The average molecular weight is 274 g/mol. The number of hydrogen-bond acceptors (Lipinski definition) is 2. The van der Waals surface area contributed by atoms with Crippen molar-refractivity contribution in [1.82, 2.24) is 4.90 Å². The molecule has 2 rings (SSSR count). The minimum Gasteiger partial charge on any atom is -0.330 e. The smallest absolute Gasteiger partial charge is 0.0234 e. The Hall–Kier alpha value is -0.860. The quantitative estimate of drug-likeness (QED) is 0.826. The molecule has 2 N–H and O–H groups in total. The van der Waals surface area contributed by atoms with Gasteiger partial charge in [0.15, 0.2) is 0 Å². The number of aryl methyl sites for hydroxylation is 2. The first-order chi connectivity index (χ1) is 9.54. The molecular formula is C18H30N2. The lowest BCUT2D eigenvalue weighted by Crippen LogP contribution is -2.38. The highest BCUT2D eigenvalue weighted by molar-refractivity contribution is 5.35. The third-order valence-corrected chi connectivity index (χ3v) is 4.31. The Morgan fingerprint density at radius 2 is 1.95 bits per heavy atom. The Bertz CT molecular complexity index is 437. The summed E-state index contributed by atoms with van der Waals surface area (Å²) in [5.74, 6) is 0. The maximum absolute atomic E-state index is 5.89. The van der Waals surface area contributed by atoms with Gasteiger partial charge in [0.1, 0.15) is 0 Å². The number of nitrogens with zero attached hydrogens (tertiary/aromatic N) is 1. The van der Waals surface area contributed by atoms with E-state index in [4.69, 9.17) is 5.73 Å². The third kappa shape index (κ3) is 4.07. The first-order valence-electron chi connectivity index (χ1n) is 8.07. The van der Waals surface area contributed by atoms with Crippen LogP contribution in [0.25, 0.3) is 0 Å². The van der Waals surface area contributed by atoms with Crippen LogP contribution in [0.1, 0.15) is 50.3 Å². The van der Waals surface area contributed by atoms with Gasteiger partial charge in [-0.2, -0.15) is 0 Å². The van der Waals surface area contributed by atoms with Crippen molar-refractivity contribution >= 4 is 0 Å². The molecule has 0 atom stereocenters. The zero-order valence-corrected chi connectivity index (χ0v) is 13.4. The highest BCUT2D eigenvalue weighted by Gasteiger charge is 2.20. The molecule has 0 amide bonds. The summed E-state index contributed by atoms with van der Waals surface area (Å²) in [5, 5.41) is 0. The van der Waals surface area contributed by atoms with Gasteiger partial charge < -0.3 is 5.73 Å². The van der Waals surface area contributed by atoms with E-state index in [1.54, 1.807) is 11.1 Å². The van der Waals surface area contributed by atoms with Crippen molar-refractivity contribution in [3.63, 3.8) is 0 Å². The van der Waals surface area contributed by atoms with Gasteiger partial charge in [0, 0.05) is 13.1 Å². The van der Waals surface area contributed by atoms with E-state index >= 15 is 0 Å². The second-order valence-corrected chi connectivity index (χ2v) is 7.04. The fourth-order valence-corrected chi connectivity index (χ4v) is 3.18. The number of hydrogen-bond donors (Lipinski definition) is 1. The Labute approximate surface area is 124 Å². The number of fused-ring (bicyclic) bond motifs is 1. The first kappa shape index (κ1) is 15.5. The highest BCUT2D eigenvalue weighted by atomic mass is 15.1. The SMILES string of the molecule is CCCN(Cc1ccc2c(c1)CCC2)CC(C)(C)CN. The van der Waals surface area contributed by atoms with E-state index in [1.165, 1.54) is 31.2 Å². The summed E-state index contributed by atoms with van der Waals surface area (Å²) in [6.45, 7) is 10.8. The van der Waals surface area contributed by atoms with Crippen molar-refractivity contribution in [1.29, 1.82) is 0 Å². The van der Waals surface area contributed by atoms with E-state index in [0.29, 0.717) is 0 Å². The molecule has 0 aliphatic heterocycles. The molecule has 0 radical (unpaired) electrons. The number of nitrogens with two attached hydrogens (primary N) is 1. The van der Waals surface area contributed by atoms with Crippen molar-refractivity contribution in [2.45, 2.75) is 53.0 Å². The fraction of sp³-hybridized carbons (Fsp3) is 0.667. The lowest BCUT2D eigenvalue weighted by atomic mass is 9.92. The Morgan fingerprint density at radius 1 is 1.20 bits per heavy atom. The molecule has 2 nitrogen and oxygen atoms in total. The molecule has 1 aromatic rings. The molecule has 0 bridgehead atoms. The number of benzene rings is 1. The summed E-state index contributed by atoms with van der Waals surface area (Å²) < 4.78 is 0. The van der Waals surface area contributed by atoms with Crippen molar-refractivity contribution in [3.05, 3.63) is 34.9 Å². The van der Waals surface area contributed by atoms with Crippen LogP contribution in [-0.4, -0.2) is 24.5 Å². The second kappa shape index (κ2) is 6.73. The molecule has 0 fully saturated rings. The summed E-state index contributed by atoms with van der Waals surface area (Å²) in [6, 6.07) is 7.10. The minimum absolute atomic E-state index is 0.200. The predicted molar refractivity (Wildman–Crippen MR) is 86.9 cm³/mol. The van der Waals surface area contributed by atoms with Gasteiger partial charge in [0.25, 0.3) is 0 Å². The largest absolute Gasteiger partial charge is 0.330 e. The van der Waals surface area contributed by atoms with E-state index in [2.05, 4.69) is 43.9 Å². The normalized spacial score (nSPS) is 14.8. The first-order valence-corrected chi connectivity index (χ1v) is 8.07. The van der Waals surface area contributed by atoms with Gasteiger partial charge in [-0.25, -0.2) is 0 Å². The van der Waals surface area contributed by atoms with E-state index in [9.17, 15) is 0 Å².